The predicted octanol–water partition coefficient (Wildman–Crippen LogP) is -0.443. The van der Waals surface area contributed by atoms with Crippen LogP contribution in [0.4, 0.5) is 0 Å². The van der Waals surface area contributed by atoms with Crippen molar-refractivity contribution in [3.63, 3.8) is 0 Å². The Morgan fingerprint density at radius 2 is 1.08 bits per heavy atom. The predicted molar refractivity (Wildman–Crippen MR) is 383 cm³/mol. The molecule has 550 valence electrons. The summed E-state index contributed by atoms with van der Waals surface area (Å²) in [5.41, 5.74) is 36.8. The van der Waals surface area contributed by atoms with Crippen molar-refractivity contribution in [3.8, 4) is 5.75 Å². The number of nitrogens with zero attached hydrogens (tertiary/aromatic N) is 4. The summed E-state index contributed by atoms with van der Waals surface area (Å²) in [5.74, 6) is -10.7. The molecule has 10 atom stereocenters. The number of phenols is 1. The molecular weight excluding hydrogens is 1360 g/mol. The molecule has 0 aliphatic carbocycles. The molecule has 11 amide bonds. The molecule has 1 saturated heterocycles. The number of aliphatic hydroxyl groups is 1. The first-order chi connectivity index (χ1) is 48.4. The number of H-pyrrole nitrogens is 1. The van der Waals surface area contributed by atoms with Crippen molar-refractivity contribution in [2.45, 2.75) is 159 Å². The average Bonchev–Trinajstić information content (AvgIpc) is 1.49. The lowest BCUT2D eigenvalue weighted by Gasteiger charge is -2.32. The number of hydrogen-bond acceptors (Lipinski definition) is 16. The molecule has 6 rings (SSSR count). The van der Waals surface area contributed by atoms with E-state index < -0.39 is 132 Å². The molecule has 1 aliphatic heterocycles. The molecule has 22 N–H and O–H groups in total. The van der Waals surface area contributed by atoms with E-state index in [0.29, 0.717) is 49.6 Å². The fourth-order valence-corrected chi connectivity index (χ4v) is 11.8. The Morgan fingerprint density at radius 3 is 1.65 bits per heavy atom. The number of aliphatic hydroxyl groups excluding tert-OH is 1. The van der Waals surface area contributed by atoms with Crippen LogP contribution in [0.2, 0.25) is 10.0 Å². The van der Waals surface area contributed by atoms with E-state index in [4.69, 9.17) is 57.6 Å². The van der Waals surface area contributed by atoms with Crippen molar-refractivity contribution in [2.75, 3.05) is 26.2 Å². The van der Waals surface area contributed by atoms with Crippen LogP contribution in [0.25, 0.3) is 10.9 Å². The van der Waals surface area contributed by atoms with Gasteiger partial charge in [0, 0.05) is 73.0 Å². The first-order valence-electron chi connectivity index (χ1n) is 33.3. The molecule has 0 saturated carbocycles. The van der Waals surface area contributed by atoms with E-state index in [1.54, 1.807) is 92.8 Å². The summed E-state index contributed by atoms with van der Waals surface area (Å²) in [6.45, 7) is 5.06. The number of imide groups is 1. The fourth-order valence-electron chi connectivity index (χ4n) is 11.6. The molecule has 1 aliphatic rings. The second-order valence-corrected chi connectivity index (χ2v) is 26.2. The molecule has 31 nitrogen and oxygen atoms in total. The number of phenolic OH excluding ortho intramolecular Hbond substituents is 1. The molecule has 102 heavy (non-hydrogen) atoms. The third-order valence-electron chi connectivity index (χ3n) is 16.9. The Kier molecular flexibility index (Phi) is 30.8. The van der Waals surface area contributed by atoms with Crippen molar-refractivity contribution in [2.24, 2.45) is 50.3 Å². The number of carbonyl (C=O) groups is 11. The number of guanidine groups is 2. The number of para-hydroxylation sites is 1. The van der Waals surface area contributed by atoms with E-state index in [0.717, 1.165) is 11.8 Å². The van der Waals surface area contributed by atoms with Crippen molar-refractivity contribution in [1.29, 1.82) is 0 Å². The van der Waals surface area contributed by atoms with Crippen LogP contribution in [0.1, 0.15) is 94.9 Å². The highest BCUT2D eigenvalue weighted by Crippen LogP contribution is 2.24. The Balaban J connectivity index is 1.30. The molecule has 5 aromatic rings. The number of fused-ring (bicyclic) bond motifs is 1. The zero-order chi connectivity index (χ0) is 74.9. The van der Waals surface area contributed by atoms with E-state index in [2.05, 4.69) is 52.2 Å². The van der Waals surface area contributed by atoms with Gasteiger partial charge in [0.1, 0.15) is 60.1 Å². The third kappa shape index (κ3) is 24.5. The standard InChI is InChI=1S/C69H92Cl2N18O13/c1-37(2)30-52(60(95)83-51(13-8-28-79-69(76)77)67(102)88-29-9-14-56(88)64(99)81-38(3)58(73)93)84-59(94)50(12-7-27-78-68(74)75)82-61(96)53(32-41-19-25-46(92)26-20-41)85-63(98)55(36-90)87-62(97)54(34-43-35-80-49-11-6-5-10-47(43)49)86-65(100)57(33-42-17-23-45(71)24-18-42)89(39(4)91)66(101)48(72)31-40-15-21-44(70)22-16-40/h5-6,10-11,15-26,35,37-38,48,50-57,80,90,92H,7-9,12-14,27-34,36,72H2,1-4H3,(H2,73,93)(H,81,99)(H,82,96)(H,83,95)(H,84,94)(H,85,98)(H,86,100)(H,87,97)(H4,74,75,78)(H4,76,77,79)/t38-,48+,50-,51+,52+,53+,54-,55+,56+,57+/m1/s1. The molecule has 1 fully saturated rings. The Morgan fingerprint density at radius 1 is 0.598 bits per heavy atom. The number of amides is 11. The molecule has 0 radical (unpaired) electrons. The van der Waals surface area contributed by atoms with Gasteiger partial charge in [0.2, 0.25) is 65.0 Å². The smallest absolute Gasteiger partial charge is 0.247 e. The summed E-state index contributed by atoms with van der Waals surface area (Å²) in [5, 5.41) is 41.1. The molecule has 33 heteroatoms. The summed E-state index contributed by atoms with van der Waals surface area (Å²) >= 11 is 12.3. The SMILES string of the molecule is CC(=O)N(C(=O)[C@@H](N)Cc1ccc(Cl)cc1)[C@@H](Cc1ccc(Cl)cc1)C(=O)N[C@H](Cc1c[nH]c2ccccc12)C(=O)N[C@@H](CO)C(=O)N[C@@H](Cc1ccc(O)cc1)C(=O)N[C@H](CCCN=C(N)N)C(=O)N[C@@H](CC(C)C)C(=O)N[C@@H](CCCN=C(N)N)C(=O)N1CCC[C@H]1C(=O)N[C@H](C)C(N)=O. The summed E-state index contributed by atoms with van der Waals surface area (Å²) in [7, 11) is 0. The molecule has 0 bridgehead atoms. The van der Waals surface area contributed by atoms with E-state index in [9.17, 15) is 58.2 Å². The van der Waals surface area contributed by atoms with Crippen molar-refractivity contribution >= 4 is 111 Å². The molecule has 1 aromatic heterocycles. The van der Waals surface area contributed by atoms with Crippen LogP contribution >= 0.6 is 23.2 Å². The second-order valence-electron chi connectivity index (χ2n) is 25.3. The lowest BCUT2D eigenvalue weighted by atomic mass is 9.99. The van der Waals surface area contributed by atoms with Crippen LogP contribution in [-0.4, -0.2) is 189 Å². The summed E-state index contributed by atoms with van der Waals surface area (Å²) in [6, 6.07) is 10.9. The summed E-state index contributed by atoms with van der Waals surface area (Å²) < 4.78 is 0. The summed E-state index contributed by atoms with van der Waals surface area (Å²) in [6.07, 6.45) is 1.27. The molecule has 2 heterocycles. The lowest BCUT2D eigenvalue weighted by molar-refractivity contribution is -0.152. The largest absolute Gasteiger partial charge is 0.508 e. The molecule has 4 aromatic carbocycles. The maximum atomic E-state index is 15.1. The lowest BCUT2D eigenvalue weighted by Crippen LogP contribution is -2.62. The minimum absolute atomic E-state index is 0.0118. The highest BCUT2D eigenvalue weighted by molar-refractivity contribution is 6.30. The molecule has 0 spiro atoms. The number of carbonyl (C=O) groups excluding carboxylic acids is 11. The van der Waals surface area contributed by atoms with E-state index in [1.807, 2.05) is 0 Å². The number of likely N-dealkylation sites (tertiary alicyclic amines) is 1. The first-order valence-corrected chi connectivity index (χ1v) is 34.0. The fraction of sp³-hybridized carbons (Fsp3) is 0.435. The van der Waals surface area contributed by atoms with Gasteiger partial charge in [-0.05, 0) is 129 Å². The van der Waals surface area contributed by atoms with Crippen molar-refractivity contribution < 1.29 is 63.0 Å². The number of aromatic hydroxyl groups is 1. The highest BCUT2D eigenvalue weighted by atomic mass is 35.5. The number of halogens is 2. The van der Waals surface area contributed by atoms with E-state index in [1.165, 1.54) is 36.1 Å². The van der Waals surface area contributed by atoms with Gasteiger partial charge in [-0.1, -0.05) is 91.6 Å². The topological polar surface area (TPSA) is 516 Å². The van der Waals surface area contributed by atoms with Gasteiger partial charge in [0.25, 0.3) is 0 Å². The van der Waals surface area contributed by atoms with Gasteiger partial charge in [0.15, 0.2) is 11.9 Å². The zero-order valence-electron chi connectivity index (χ0n) is 57.2. The first kappa shape index (κ1) is 80.6. The molecular formula is C69H92Cl2N18O13. The van der Waals surface area contributed by atoms with Crippen LogP contribution in [0.15, 0.2) is 113 Å². The van der Waals surface area contributed by atoms with Gasteiger partial charge in [0.05, 0.1) is 12.6 Å². The van der Waals surface area contributed by atoms with Gasteiger partial charge < -0.3 is 91.7 Å². The number of aromatic amines is 1. The molecule has 0 unspecified atom stereocenters. The van der Waals surface area contributed by atoms with Crippen molar-refractivity contribution in [1.82, 2.24) is 52.0 Å². The van der Waals surface area contributed by atoms with Crippen LogP contribution in [0.3, 0.4) is 0 Å². The van der Waals surface area contributed by atoms with Crippen LogP contribution in [0, 0.1) is 5.92 Å². The van der Waals surface area contributed by atoms with Crippen molar-refractivity contribution in [3.05, 3.63) is 136 Å². The minimum atomic E-state index is -1.88. The monoisotopic (exact) mass is 1450 g/mol. The van der Waals surface area contributed by atoms with Gasteiger partial charge in [-0.25, -0.2) is 0 Å². The Bertz CT molecular complexity index is 3810. The number of aromatic nitrogens is 1. The second kappa shape index (κ2) is 39.0. The Hall–Kier alpha value is -10.4. The highest BCUT2D eigenvalue weighted by Gasteiger charge is 2.41. The van der Waals surface area contributed by atoms with Gasteiger partial charge in [-0.15, -0.1) is 0 Å². The Labute approximate surface area is 599 Å². The maximum Gasteiger partial charge on any atom is 0.247 e. The quantitative estimate of drug-likeness (QED) is 0.0136. The number of rotatable bonds is 37. The maximum absolute atomic E-state index is 15.1. The van der Waals surface area contributed by atoms with E-state index in [-0.39, 0.29) is 107 Å². The van der Waals surface area contributed by atoms with E-state index >= 15 is 4.79 Å². The number of benzene rings is 4. The van der Waals surface area contributed by atoms with Gasteiger partial charge in [-0.2, -0.15) is 0 Å². The van der Waals surface area contributed by atoms with Crippen LogP contribution in [0.5, 0.6) is 5.75 Å². The summed E-state index contributed by atoms with van der Waals surface area (Å²) in [4.78, 5) is 170. The normalized spacial score (nSPS) is 15.3. The van der Waals surface area contributed by atoms with Gasteiger partial charge in [-0.3, -0.25) is 67.6 Å². The number of hydrogen-bond donors (Lipinski definition) is 16. The van der Waals surface area contributed by atoms with Crippen LogP contribution in [-0.2, 0) is 78.4 Å². The third-order valence-corrected chi connectivity index (χ3v) is 17.4. The number of nitrogens with two attached hydrogens (primary N) is 6. The minimum Gasteiger partial charge on any atom is -0.508 e. The average molecular weight is 1450 g/mol. The van der Waals surface area contributed by atoms with Gasteiger partial charge >= 0.3 is 0 Å². The number of nitrogens with one attached hydrogen (secondary N) is 8. The zero-order valence-corrected chi connectivity index (χ0v) is 58.7. The number of primary amides is 1. The number of aliphatic imine (C=N–C) groups is 2. The van der Waals surface area contributed by atoms with Crippen LogP contribution < -0.4 is 71.6 Å².